The van der Waals surface area contributed by atoms with Gasteiger partial charge in [-0.1, -0.05) is 37.3 Å². The third-order valence-corrected chi connectivity index (χ3v) is 7.42. The van der Waals surface area contributed by atoms with Gasteiger partial charge in [0.05, 0.1) is 15.4 Å². The van der Waals surface area contributed by atoms with Crippen molar-refractivity contribution in [1.29, 1.82) is 0 Å². The first-order valence-corrected chi connectivity index (χ1v) is 10.9. The molecule has 0 aromatic heterocycles. The van der Waals surface area contributed by atoms with E-state index >= 15 is 0 Å². The number of carbonyl (C=O) groups is 1. The fourth-order valence-corrected chi connectivity index (χ4v) is 6.03. The second kappa shape index (κ2) is 7.80. The van der Waals surface area contributed by atoms with Crippen molar-refractivity contribution in [3.05, 3.63) is 70.0 Å². The van der Waals surface area contributed by atoms with Gasteiger partial charge in [-0.2, -0.15) is 5.01 Å². The van der Waals surface area contributed by atoms with Gasteiger partial charge in [0, 0.05) is 18.6 Å². The number of amides is 1. The summed E-state index contributed by atoms with van der Waals surface area (Å²) in [6.07, 6.45) is -3.75. The lowest BCUT2D eigenvalue weighted by atomic mass is 9.68. The number of hydrazine groups is 1. The highest BCUT2D eigenvalue weighted by atomic mass is 32.2. The van der Waals surface area contributed by atoms with Gasteiger partial charge in [0.1, 0.15) is 5.82 Å². The lowest BCUT2D eigenvalue weighted by molar-refractivity contribution is -0.384. The molecule has 1 amide bonds. The predicted octanol–water partition coefficient (Wildman–Crippen LogP) is 3.28. The van der Waals surface area contributed by atoms with Crippen LogP contribution in [-0.4, -0.2) is 45.3 Å². The van der Waals surface area contributed by atoms with Crippen molar-refractivity contribution in [1.82, 2.24) is 9.42 Å². The quantitative estimate of drug-likeness (QED) is 0.519. The minimum atomic E-state index is -4.66. The number of hydrogen-bond acceptors (Lipinski definition) is 6. The Bertz CT molecular complexity index is 1150. The van der Waals surface area contributed by atoms with Gasteiger partial charge in [-0.3, -0.25) is 10.1 Å². The van der Waals surface area contributed by atoms with Gasteiger partial charge in [-0.15, -0.1) is 0 Å². The number of nitrogens with zero attached hydrogens (tertiary/aromatic N) is 3. The molecule has 0 saturated carbocycles. The van der Waals surface area contributed by atoms with Crippen molar-refractivity contribution in [2.45, 2.75) is 43.9 Å². The maximum absolute atomic E-state index is 13.7. The Balaban J connectivity index is 2.32. The zero-order valence-electron chi connectivity index (χ0n) is 17.5. The molecule has 2 aromatic carbocycles. The molecule has 0 aliphatic carbocycles. The van der Waals surface area contributed by atoms with Crippen molar-refractivity contribution in [3.63, 3.8) is 0 Å². The van der Waals surface area contributed by atoms with Crippen LogP contribution in [-0.2, 0) is 15.6 Å². The van der Waals surface area contributed by atoms with E-state index in [1.807, 2.05) is 0 Å². The summed E-state index contributed by atoms with van der Waals surface area (Å²) in [6.45, 7) is 5.02. The predicted molar refractivity (Wildman–Crippen MR) is 110 cm³/mol. The van der Waals surface area contributed by atoms with Gasteiger partial charge in [-0.25, -0.2) is 17.6 Å². The Morgan fingerprint density at radius 1 is 1.16 bits per heavy atom. The summed E-state index contributed by atoms with van der Waals surface area (Å²) < 4.78 is 41.7. The lowest BCUT2D eigenvalue weighted by Gasteiger charge is -2.47. The molecule has 3 rings (SSSR count). The molecule has 10 nitrogen and oxygen atoms in total. The number of sulfonamides is 1. The topological polar surface area (TPSA) is 141 Å². The van der Waals surface area contributed by atoms with Gasteiger partial charge in [0.2, 0.25) is 0 Å². The second-order valence-electron chi connectivity index (χ2n) is 8.43. The highest BCUT2D eigenvalue weighted by Gasteiger charge is 2.63. The molecule has 1 fully saturated rings. The van der Waals surface area contributed by atoms with Crippen molar-refractivity contribution in [2.75, 3.05) is 0 Å². The Morgan fingerprint density at radius 3 is 2.12 bits per heavy atom. The molecule has 0 radical (unpaired) electrons. The standard InChI is InChI=1S/C20H22FN3O7S/c1-19(2,3)20(13-4-6-14(21)7-5-13)12-17(25)22(18(26)27)24(20)32(30,31)16-10-8-15(9-11-16)23(28)29/h4-11,17,25H,12H2,1-3H3,(H,26,27)/t17?,20-/m1/s1. The molecule has 32 heavy (non-hydrogen) atoms. The molecular formula is C20H22FN3O7S. The van der Waals surface area contributed by atoms with Gasteiger partial charge in [-0.05, 0) is 35.2 Å². The van der Waals surface area contributed by atoms with Crippen LogP contribution in [0, 0.1) is 21.3 Å². The molecule has 172 valence electrons. The summed E-state index contributed by atoms with van der Waals surface area (Å²) in [5, 5.41) is 31.7. The van der Waals surface area contributed by atoms with E-state index in [-0.39, 0.29) is 17.7 Å². The van der Waals surface area contributed by atoms with Gasteiger partial charge in [0.25, 0.3) is 15.7 Å². The molecular weight excluding hydrogens is 445 g/mol. The minimum absolute atomic E-state index is 0.277. The molecule has 1 aliphatic heterocycles. The number of halogens is 1. The van der Waals surface area contributed by atoms with Crippen LogP contribution in [0.15, 0.2) is 53.4 Å². The zero-order valence-corrected chi connectivity index (χ0v) is 18.3. The van der Waals surface area contributed by atoms with Crippen LogP contribution in [0.3, 0.4) is 0 Å². The maximum atomic E-state index is 13.7. The molecule has 0 spiro atoms. The van der Waals surface area contributed by atoms with Gasteiger partial charge < -0.3 is 10.2 Å². The van der Waals surface area contributed by atoms with E-state index in [9.17, 15) is 37.9 Å². The van der Waals surface area contributed by atoms with Crippen molar-refractivity contribution >= 4 is 21.8 Å². The zero-order chi connectivity index (χ0) is 24.1. The molecule has 1 saturated heterocycles. The number of nitro benzene ring substituents is 1. The van der Waals surface area contributed by atoms with E-state index in [0.29, 0.717) is 9.42 Å². The van der Waals surface area contributed by atoms with E-state index in [1.165, 1.54) is 12.1 Å². The molecule has 2 N–H and O–H groups in total. The molecule has 2 atom stereocenters. The normalized spacial score (nSPS) is 22.2. The molecule has 1 unspecified atom stereocenters. The molecule has 12 heteroatoms. The average Bonchev–Trinajstić information content (AvgIpc) is 3.03. The maximum Gasteiger partial charge on any atom is 0.425 e. The number of rotatable bonds is 4. The Labute approximate surface area is 183 Å². The van der Waals surface area contributed by atoms with Crippen LogP contribution in [0.2, 0.25) is 0 Å². The van der Waals surface area contributed by atoms with Crippen LogP contribution in [0.1, 0.15) is 32.8 Å². The van der Waals surface area contributed by atoms with Gasteiger partial charge in [0.15, 0.2) is 6.23 Å². The molecule has 1 heterocycles. The number of aliphatic hydroxyl groups is 1. The summed E-state index contributed by atoms with van der Waals surface area (Å²) in [7, 11) is -4.66. The average molecular weight is 467 g/mol. The highest BCUT2D eigenvalue weighted by Crippen LogP contribution is 2.55. The van der Waals surface area contributed by atoms with Crippen LogP contribution < -0.4 is 0 Å². The van der Waals surface area contributed by atoms with E-state index < -0.39 is 48.9 Å². The Hall–Kier alpha value is -3.09. The Morgan fingerprint density at radius 2 is 1.69 bits per heavy atom. The fraction of sp³-hybridized carbons (Fsp3) is 0.350. The largest absolute Gasteiger partial charge is 0.464 e. The number of hydrogen-bond donors (Lipinski definition) is 2. The van der Waals surface area contributed by atoms with E-state index in [2.05, 4.69) is 0 Å². The summed E-state index contributed by atoms with van der Waals surface area (Å²) in [6, 6.07) is 8.90. The molecule has 2 aromatic rings. The van der Waals surface area contributed by atoms with Crippen LogP contribution in [0.5, 0.6) is 0 Å². The number of nitro groups is 1. The van der Waals surface area contributed by atoms with Crippen LogP contribution in [0.4, 0.5) is 14.9 Å². The summed E-state index contributed by atoms with van der Waals surface area (Å²) in [4.78, 5) is 21.9. The van der Waals surface area contributed by atoms with Crippen LogP contribution >= 0.6 is 0 Å². The Kier molecular flexibility index (Phi) is 5.74. The highest BCUT2D eigenvalue weighted by molar-refractivity contribution is 7.89. The molecule has 0 bridgehead atoms. The number of benzene rings is 2. The summed E-state index contributed by atoms with van der Waals surface area (Å²) >= 11 is 0. The van der Waals surface area contributed by atoms with Gasteiger partial charge >= 0.3 is 6.09 Å². The van der Waals surface area contributed by atoms with Crippen molar-refractivity contribution in [3.8, 4) is 0 Å². The third-order valence-electron chi connectivity index (χ3n) is 5.61. The third kappa shape index (κ3) is 3.59. The summed E-state index contributed by atoms with van der Waals surface area (Å²) in [5.41, 5.74) is -2.68. The second-order valence-corrected chi connectivity index (χ2v) is 10.2. The lowest BCUT2D eigenvalue weighted by Crippen LogP contribution is -2.58. The van der Waals surface area contributed by atoms with Crippen LogP contribution in [0.25, 0.3) is 0 Å². The molecule has 1 aliphatic rings. The first-order valence-electron chi connectivity index (χ1n) is 9.49. The smallest absolute Gasteiger partial charge is 0.425 e. The van der Waals surface area contributed by atoms with Crippen molar-refractivity contribution < 1.29 is 32.7 Å². The fourth-order valence-electron chi connectivity index (χ4n) is 4.08. The SMILES string of the molecule is CC(C)(C)[C@]1(c2ccc(F)cc2)CC(O)N(C(=O)O)N1S(=O)(=O)c1ccc([N+](=O)[O-])cc1. The minimum Gasteiger partial charge on any atom is -0.464 e. The van der Waals surface area contributed by atoms with E-state index in [1.54, 1.807) is 20.8 Å². The summed E-state index contributed by atoms with van der Waals surface area (Å²) in [5.74, 6) is -0.573. The number of carboxylic acid groups (broad SMARTS) is 1. The van der Waals surface area contributed by atoms with E-state index in [0.717, 1.165) is 36.4 Å². The number of non-ortho nitro benzene ring substituents is 1. The monoisotopic (exact) mass is 467 g/mol. The van der Waals surface area contributed by atoms with E-state index in [4.69, 9.17) is 0 Å². The van der Waals surface area contributed by atoms with Crippen molar-refractivity contribution in [2.24, 2.45) is 5.41 Å². The first kappa shape index (κ1) is 23.6. The first-order chi connectivity index (χ1) is 14.7. The number of aliphatic hydroxyl groups excluding tert-OH is 1.